The van der Waals surface area contributed by atoms with Crippen LogP contribution in [0.2, 0.25) is 0 Å². The minimum Gasteiger partial charge on any atom is -0.471 e. The van der Waals surface area contributed by atoms with Crippen LogP contribution in [0.1, 0.15) is 87.6 Å². The van der Waals surface area contributed by atoms with Gasteiger partial charge in [-0.3, -0.25) is 24.2 Å². The van der Waals surface area contributed by atoms with Crippen molar-refractivity contribution in [3.8, 4) is 5.88 Å². The van der Waals surface area contributed by atoms with Crippen LogP contribution >= 0.6 is 11.6 Å². The van der Waals surface area contributed by atoms with Crippen molar-refractivity contribution in [1.82, 2.24) is 35.2 Å². The number of carbonyl (C=O) groups is 3. The number of likely N-dealkylation sites (tertiary alicyclic amines) is 1. The first-order valence-electron chi connectivity index (χ1n) is 15.4. The highest BCUT2D eigenvalue weighted by Crippen LogP contribution is 2.51. The molecule has 3 aliphatic rings. The Morgan fingerprint density at radius 1 is 1.26 bits per heavy atom. The van der Waals surface area contributed by atoms with Crippen LogP contribution in [0.4, 0.5) is 0 Å². The zero-order chi connectivity index (χ0) is 30.5. The molecule has 1 aliphatic heterocycles. The summed E-state index contributed by atoms with van der Waals surface area (Å²) in [6, 6.07) is 3.10. The van der Waals surface area contributed by atoms with Crippen molar-refractivity contribution >= 4 is 40.1 Å². The van der Waals surface area contributed by atoms with Gasteiger partial charge >= 0.3 is 0 Å². The first-order chi connectivity index (χ1) is 20.6. The van der Waals surface area contributed by atoms with E-state index in [2.05, 4.69) is 32.5 Å². The molecule has 0 aromatic carbocycles. The number of aromatic nitrogens is 5. The van der Waals surface area contributed by atoms with E-state index in [4.69, 9.17) is 16.3 Å². The number of piperidine rings is 1. The molecule has 2 aliphatic carbocycles. The van der Waals surface area contributed by atoms with Gasteiger partial charge in [-0.2, -0.15) is 10.2 Å². The van der Waals surface area contributed by atoms with Crippen LogP contribution in [0.15, 0.2) is 18.3 Å². The summed E-state index contributed by atoms with van der Waals surface area (Å²) in [7, 11) is 0. The quantitative estimate of drug-likeness (QED) is 0.167. The van der Waals surface area contributed by atoms with Gasteiger partial charge in [0.25, 0.3) is 0 Å². The summed E-state index contributed by atoms with van der Waals surface area (Å²) in [5.74, 6) is 0.531. The maximum absolute atomic E-state index is 13.8. The first kappa shape index (κ1) is 29.6. The molecule has 0 radical (unpaired) electrons. The number of hydrogen-bond acceptors (Lipinski definition) is 7. The molecule has 4 heterocycles. The van der Waals surface area contributed by atoms with E-state index in [9.17, 15) is 14.4 Å². The molecule has 0 spiro atoms. The Hall–Kier alpha value is -3.47. The number of hydrogen-bond donors (Lipinski definition) is 2. The van der Waals surface area contributed by atoms with Crippen molar-refractivity contribution in [2.24, 2.45) is 11.8 Å². The van der Waals surface area contributed by atoms with Crippen molar-refractivity contribution in [1.29, 1.82) is 0 Å². The van der Waals surface area contributed by atoms with Crippen LogP contribution < -0.4 is 10.1 Å². The maximum Gasteiger partial charge on any atom is 0.245 e. The summed E-state index contributed by atoms with van der Waals surface area (Å²) in [4.78, 5) is 46.3. The Morgan fingerprint density at radius 2 is 2.05 bits per heavy atom. The van der Waals surface area contributed by atoms with Gasteiger partial charge < -0.3 is 15.0 Å². The normalized spacial score (nSPS) is 26.3. The lowest BCUT2D eigenvalue weighted by Crippen LogP contribution is -2.51. The number of fused-ring (bicyclic) bond motifs is 2. The van der Waals surface area contributed by atoms with Crippen molar-refractivity contribution < 1.29 is 19.1 Å². The molecular weight excluding hydrogens is 570 g/mol. The molecule has 11 nitrogen and oxygen atoms in total. The monoisotopic (exact) mass is 609 g/mol. The van der Waals surface area contributed by atoms with E-state index in [1.54, 1.807) is 21.8 Å². The molecule has 1 saturated heterocycles. The summed E-state index contributed by atoms with van der Waals surface area (Å²) in [6.07, 6.45) is 7.13. The number of aromatic amines is 1. The van der Waals surface area contributed by atoms with Crippen molar-refractivity contribution in [2.75, 3.05) is 0 Å². The number of alkyl halides is 1. The lowest BCUT2D eigenvalue weighted by atomic mass is 10.1. The largest absolute Gasteiger partial charge is 0.471 e. The summed E-state index contributed by atoms with van der Waals surface area (Å²) in [6.45, 7) is 8.11. The number of Topliss-reactive ketones (excluding diaryl/α,β-unsaturated/α-hetero) is 1. The van der Waals surface area contributed by atoms with Crippen LogP contribution in [-0.4, -0.2) is 70.5 Å². The molecule has 6 atom stereocenters. The maximum atomic E-state index is 13.8. The number of halogens is 1. The van der Waals surface area contributed by atoms with Crippen LogP contribution in [-0.2, 0) is 22.7 Å². The summed E-state index contributed by atoms with van der Waals surface area (Å²) in [5.41, 5.74) is 2.55. The van der Waals surface area contributed by atoms with E-state index in [1.807, 2.05) is 26.8 Å². The van der Waals surface area contributed by atoms with Gasteiger partial charge in [0.15, 0.2) is 5.78 Å². The average molecular weight is 610 g/mol. The fourth-order valence-corrected chi connectivity index (χ4v) is 6.91. The van der Waals surface area contributed by atoms with Crippen LogP contribution in [0, 0.1) is 18.8 Å². The fraction of sp³-hybridized carbons (Fsp3) is 0.613. The third kappa shape index (κ3) is 6.14. The highest BCUT2D eigenvalue weighted by molar-refractivity contribution is 6.26. The minimum absolute atomic E-state index is 0.0558. The summed E-state index contributed by atoms with van der Waals surface area (Å²) >= 11 is 6.44. The van der Waals surface area contributed by atoms with Crippen LogP contribution in [0.3, 0.4) is 0 Å². The predicted molar refractivity (Wildman–Crippen MR) is 161 cm³/mol. The van der Waals surface area contributed by atoms with Gasteiger partial charge in [0, 0.05) is 40.5 Å². The fourth-order valence-electron chi connectivity index (χ4n) is 6.56. The number of H-pyrrole nitrogens is 1. The van der Waals surface area contributed by atoms with Crippen molar-refractivity contribution in [3.63, 3.8) is 0 Å². The Bertz CT molecular complexity index is 1550. The van der Waals surface area contributed by atoms with Crippen LogP contribution in [0.5, 0.6) is 5.88 Å². The number of rotatable bonds is 13. The number of nitrogens with one attached hydrogen (secondary N) is 2. The second kappa shape index (κ2) is 11.6. The summed E-state index contributed by atoms with van der Waals surface area (Å²) in [5, 5.41) is 15.4. The highest BCUT2D eigenvalue weighted by atomic mass is 35.5. The van der Waals surface area contributed by atoms with Gasteiger partial charge in [0.05, 0.1) is 17.4 Å². The number of aryl methyl sites for hydroxylation is 1. The average Bonchev–Trinajstić information content (AvgIpc) is 3.66. The topological polar surface area (TPSA) is 135 Å². The predicted octanol–water partition coefficient (Wildman–Crippen LogP) is 4.32. The number of amides is 2. The van der Waals surface area contributed by atoms with Gasteiger partial charge in [0.1, 0.15) is 24.9 Å². The second-order valence-corrected chi connectivity index (χ2v) is 13.6. The van der Waals surface area contributed by atoms with Crippen molar-refractivity contribution in [2.45, 2.75) is 109 Å². The molecule has 3 aromatic rings. The van der Waals surface area contributed by atoms with Gasteiger partial charge in [-0.05, 0) is 64.4 Å². The molecular formula is C31H40ClN7O4. The Balaban J connectivity index is 1.21. The third-order valence-corrected chi connectivity index (χ3v) is 9.63. The zero-order valence-corrected chi connectivity index (χ0v) is 26.0. The number of nitrogens with zero attached hydrogens (tertiary/aromatic N) is 5. The lowest BCUT2D eigenvalue weighted by molar-refractivity contribution is -0.140. The summed E-state index contributed by atoms with van der Waals surface area (Å²) < 4.78 is 7.42. The van der Waals surface area contributed by atoms with E-state index in [1.165, 1.54) is 0 Å². The first-order valence-corrected chi connectivity index (χ1v) is 15.8. The number of pyridine rings is 1. The van der Waals surface area contributed by atoms with E-state index < -0.39 is 6.04 Å². The third-order valence-electron chi connectivity index (χ3n) is 9.20. The molecule has 2 saturated carbocycles. The minimum atomic E-state index is -0.514. The Kier molecular flexibility index (Phi) is 7.95. The van der Waals surface area contributed by atoms with E-state index in [-0.39, 0.29) is 53.6 Å². The molecule has 230 valence electrons. The van der Waals surface area contributed by atoms with E-state index in [0.717, 1.165) is 43.5 Å². The molecule has 6 rings (SSSR count). The molecule has 3 aromatic heterocycles. The molecule has 2 amide bonds. The number of unbranched alkanes of at least 4 members (excludes halogenated alkanes) is 2. The number of carbonyl (C=O) groups excluding carboxylic acids is 3. The van der Waals surface area contributed by atoms with Crippen molar-refractivity contribution in [3.05, 3.63) is 35.4 Å². The number of ketones is 1. The molecule has 0 bridgehead atoms. The van der Waals surface area contributed by atoms with Gasteiger partial charge in [0.2, 0.25) is 17.7 Å². The van der Waals surface area contributed by atoms with E-state index >= 15 is 0 Å². The highest BCUT2D eigenvalue weighted by Gasteiger charge is 2.57. The lowest BCUT2D eigenvalue weighted by Gasteiger charge is -2.28. The zero-order valence-electron chi connectivity index (χ0n) is 25.2. The number of ether oxygens (including phenoxy) is 1. The van der Waals surface area contributed by atoms with Gasteiger partial charge in [-0.1, -0.05) is 19.8 Å². The molecule has 3 unspecified atom stereocenters. The SMILES string of the molecule is CCCCCC(=O)c1nn(CC(=O)N2C3C[C@@H]3C[C@H]2C(=O)N[C@H](C)C2CC2(C)Cl)c2cnc(OCc3cc(C)[nH]n3)cc12. The van der Waals surface area contributed by atoms with Crippen LogP contribution in [0.25, 0.3) is 10.9 Å². The Labute approximate surface area is 256 Å². The second-order valence-electron chi connectivity index (χ2n) is 12.8. The molecule has 3 fully saturated rings. The molecule has 12 heteroatoms. The smallest absolute Gasteiger partial charge is 0.245 e. The van der Waals surface area contributed by atoms with Gasteiger partial charge in [-0.25, -0.2) is 4.98 Å². The van der Waals surface area contributed by atoms with Gasteiger partial charge in [-0.15, -0.1) is 11.6 Å². The Morgan fingerprint density at radius 3 is 2.74 bits per heavy atom. The van der Waals surface area contributed by atoms with E-state index in [0.29, 0.717) is 41.2 Å². The molecule has 43 heavy (non-hydrogen) atoms. The molecule has 2 N–H and O–H groups in total. The standard InChI is InChI=1S/C31H40ClN7O4/c1-5-6-7-8-26(40)29-21-12-27(43-16-20-9-17(2)35-36-20)33-14-25(21)38(37-29)15-28(41)39-23-10-19(23)11-24(39)30(42)34-18(3)22-13-31(22,4)32/h9,12,14,18-19,22-24H,5-8,10-11,13,15-16H2,1-4H3,(H,34,42)(H,35,36)/t18-,19-,22?,23?,24+,31?/m1/s1.